The molecule has 8 heteroatoms. The van der Waals surface area contributed by atoms with Crippen LogP contribution in [0.5, 0.6) is 5.75 Å². The highest BCUT2D eigenvalue weighted by atomic mass is 35.5. The molecule has 0 aliphatic heterocycles. The predicted molar refractivity (Wildman–Crippen MR) is 63.0 cm³/mol. The van der Waals surface area contributed by atoms with Crippen LogP contribution in [0.3, 0.4) is 0 Å². The van der Waals surface area contributed by atoms with Crippen LogP contribution < -0.4 is 10.1 Å². The van der Waals surface area contributed by atoms with Gasteiger partial charge in [0.2, 0.25) is 0 Å². The first-order valence-electron chi connectivity index (χ1n) is 5.16. The van der Waals surface area contributed by atoms with Crippen molar-refractivity contribution in [2.45, 2.75) is 26.4 Å². The quantitative estimate of drug-likeness (QED) is 0.682. The third-order valence-electron chi connectivity index (χ3n) is 1.88. The minimum absolute atomic E-state index is 0.0146. The van der Waals surface area contributed by atoms with Gasteiger partial charge in [0, 0.05) is 13.0 Å². The molecule has 1 rings (SSSR count). The van der Waals surface area contributed by atoms with Crippen LogP contribution in [-0.2, 0) is 9.53 Å². The van der Waals surface area contributed by atoms with Crippen LogP contribution in [0.1, 0.15) is 13.8 Å². The van der Waals surface area contributed by atoms with E-state index in [-0.39, 0.29) is 5.02 Å². The third-order valence-corrected chi connectivity index (χ3v) is 2.19. The van der Waals surface area contributed by atoms with Gasteiger partial charge >= 0.3 is 12.3 Å². The number of nitrogens with one attached hydrogen (secondary N) is 1. The normalized spacial score (nSPS) is 12.7. The molecule has 0 spiro atoms. The van der Waals surface area contributed by atoms with Gasteiger partial charge in [-0.15, -0.1) is 13.2 Å². The van der Waals surface area contributed by atoms with Crippen molar-refractivity contribution in [3.05, 3.63) is 23.2 Å². The predicted octanol–water partition coefficient (Wildman–Crippen LogP) is 3.56. The lowest BCUT2D eigenvalue weighted by Gasteiger charge is -2.17. The smallest absolute Gasteiger partial charge is 0.442 e. The number of halogens is 4. The van der Waals surface area contributed by atoms with Crippen LogP contribution in [0.4, 0.5) is 18.9 Å². The van der Waals surface area contributed by atoms with Crippen molar-refractivity contribution in [2.75, 3.05) is 5.32 Å². The van der Waals surface area contributed by atoms with E-state index < -0.39 is 24.3 Å². The van der Waals surface area contributed by atoms with Gasteiger partial charge in [0.05, 0.1) is 10.7 Å². The Labute approximate surface area is 112 Å². The summed E-state index contributed by atoms with van der Waals surface area (Å²) in [6, 6.07) is 3.41. The van der Waals surface area contributed by atoms with Crippen molar-refractivity contribution in [1.29, 1.82) is 0 Å². The molecule has 0 bridgehead atoms. The molecule has 0 aromatic heterocycles. The first-order valence-corrected chi connectivity index (χ1v) is 5.54. The zero-order valence-electron chi connectivity index (χ0n) is 10.0. The summed E-state index contributed by atoms with van der Waals surface area (Å²) in [7, 11) is 0. The molecule has 0 aliphatic carbocycles. The number of hydrogen-bond donors (Lipinski definition) is 1. The maximum atomic E-state index is 12.0. The molecule has 0 radical (unpaired) electrons. The first kappa shape index (κ1) is 15.4. The second-order valence-corrected chi connectivity index (χ2v) is 3.99. The van der Waals surface area contributed by atoms with Crippen molar-refractivity contribution >= 4 is 23.3 Å². The molecule has 0 saturated heterocycles. The second-order valence-electron chi connectivity index (χ2n) is 3.59. The van der Waals surface area contributed by atoms with Crippen LogP contribution in [-0.4, -0.2) is 18.6 Å². The molecule has 1 aromatic carbocycles. The Kier molecular flexibility index (Phi) is 4.88. The molecule has 19 heavy (non-hydrogen) atoms. The van der Waals surface area contributed by atoms with Gasteiger partial charge in [0.1, 0.15) is 5.75 Å². The molecular formula is C11H11ClF3NO3. The lowest BCUT2D eigenvalue weighted by atomic mass is 10.3. The number of carbonyl (C=O) groups is 1. The Morgan fingerprint density at radius 2 is 2.05 bits per heavy atom. The number of hydrogen-bond acceptors (Lipinski definition) is 4. The highest BCUT2D eigenvalue weighted by Crippen LogP contribution is 2.30. The van der Waals surface area contributed by atoms with Crippen molar-refractivity contribution in [2.24, 2.45) is 0 Å². The molecule has 1 atom stereocenters. The zero-order chi connectivity index (χ0) is 14.6. The third kappa shape index (κ3) is 5.69. The molecular weight excluding hydrogens is 287 g/mol. The summed E-state index contributed by atoms with van der Waals surface area (Å²) in [6.45, 7) is 2.79. The number of benzene rings is 1. The molecule has 0 fully saturated rings. The molecule has 1 unspecified atom stereocenters. The van der Waals surface area contributed by atoms with Gasteiger partial charge < -0.3 is 14.8 Å². The van der Waals surface area contributed by atoms with Gasteiger partial charge in [-0.3, -0.25) is 4.79 Å². The molecule has 0 aliphatic rings. The number of carbonyl (C=O) groups excluding carboxylic acids is 1. The average Bonchev–Trinajstić information content (AvgIpc) is 2.18. The summed E-state index contributed by atoms with van der Waals surface area (Å²) < 4.78 is 44.5. The highest BCUT2D eigenvalue weighted by molar-refractivity contribution is 6.33. The topological polar surface area (TPSA) is 47.6 Å². The van der Waals surface area contributed by atoms with Gasteiger partial charge in [0.25, 0.3) is 0 Å². The number of alkyl halides is 3. The van der Waals surface area contributed by atoms with Gasteiger partial charge in [-0.05, 0) is 19.1 Å². The summed E-state index contributed by atoms with van der Waals surface area (Å²) >= 11 is 5.79. The van der Waals surface area contributed by atoms with Crippen molar-refractivity contribution < 1.29 is 27.4 Å². The fourth-order valence-electron chi connectivity index (χ4n) is 1.31. The largest absolute Gasteiger partial charge is 0.573 e. The summed E-state index contributed by atoms with van der Waals surface area (Å²) in [5, 5.41) is 2.73. The van der Waals surface area contributed by atoms with E-state index in [1.54, 1.807) is 6.92 Å². The maximum Gasteiger partial charge on any atom is 0.573 e. The zero-order valence-corrected chi connectivity index (χ0v) is 10.8. The minimum Gasteiger partial charge on any atom is -0.442 e. The molecule has 1 aromatic rings. The van der Waals surface area contributed by atoms with Crippen LogP contribution >= 0.6 is 11.6 Å². The van der Waals surface area contributed by atoms with Crippen molar-refractivity contribution in [3.63, 3.8) is 0 Å². The monoisotopic (exact) mass is 297 g/mol. The van der Waals surface area contributed by atoms with E-state index in [0.29, 0.717) is 5.69 Å². The summed E-state index contributed by atoms with van der Waals surface area (Å²) in [5.74, 6) is -0.920. The maximum absolute atomic E-state index is 12.0. The van der Waals surface area contributed by atoms with E-state index in [1.807, 2.05) is 0 Å². The van der Waals surface area contributed by atoms with E-state index in [0.717, 1.165) is 12.1 Å². The lowest BCUT2D eigenvalue weighted by Crippen LogP contribution is -2.22. The number of rotatable bonds is 4. The Hall–Kier alpha value is -1.63. The Morgan fingerprint density at radius 3 is 2.53 bits per heavy atom. The molecule has 0 saturated carbocycles. The van der Waals surface area contributed by atoms with E-state index in [9.17, 15) is 18.0 Å². The molecule has 4 nitrogen and oxygen atoms in total. The Balaban J connectivity index is 2.75. The van der Waals surface area contributed by atoms with E-state index in [4.69, 9.17) is 16.3 Å². The minimum atomic E-state index is -4.77. The second kappa shape index (κ2) is 6.01. The Morgan fingerprint density at radius 1 is 1.42 bits per heavy atom. The first-order chi connectivity index (χ1) is 8.67. The Bertz CT molecular complexity index is 465. The van der Waals surface area contributed by atoms with Crippen molar-refractivity contribution in [1.82, 2.24) is 0 Å². The molecule has 0 heterocycles. The fourth-order valence-corrected chi connectivity index (χ4v) is 1.53. The number of anilines is 1. The van der Waals surface area contributed by atoms with Crippen LogP contribution in [0.25, 0.3) is 0 Å². The SMILES string of the molecule is CC(=O)OC(C)Nc1ccc(OC(F)(F)F)cc1Cl. The average molecular weight is 298 g/mol. The summed E-state index contributed by atoms with van der Waals surface area (Å²) in [6.07, 6.45) is -5.44. The number of ether oxygens (including phenoxy) is 2. The lowest BCUT2D eigenvalue weighted by molar-refractivity contribution is -0.274. The van der Waals surface area contributed by atoms with E-state index in [2.05, 4.69) is 10.1 Å². The fraction of sp³-hybridized carbons (Fsp3) is 0.364. The molecule has 1 N–H and O–H groups in total. The van der Waals surface area contributed by atoms with Gasteiger partial charge in [-0.1, -0.05) is 11.6 Å². The van der Waals surface area contributed by atoms with Gasteiger partial charge in [-0.2, -0.15) is 0 Å². The van der Waals surface area contributed by atoms with E-state index in [1.165, 1.54) is 13.0 Å². The highest BCUT2D eigenvalue weighted by Gasteiger charge is 2.31. The standard InChI is InChI=1S/C11H11ClF3NO3/c1-6(18-7(2)17)16-10-4-3-8(5-9(10)12)19-11(13,14)15/h3-6,16H,1-2H3. The van der Waals surface area contributed by atoms with Crippen LogP contribution in [0.2, 0.25) is 5.02 Å². The van der Waals surface area contributed by atoms with Crippen LogP contribution in [0.15, 0.2) is 18.2 Å². The molecule has 0 amide bonds. The number of esters is 1. The van der Waals surface area contributed by atoms with Gasteiger partial charge in [-0.25, -0.2) is 0 Å². The molecule has 106 valence electrons. The van der Waals surface area contributed by atoms with Crippen LogP contribution in [0, 0.1) is 0 Å². The van der Waals surface area contributed by atoms with Gasteiger partial charge in [0.15, 0.2) is 6.23 Å². The van der Waals surface area contributed by atoms with Crippen molar-refractivity contribution in [3.8, 4) is 5.75 Å². The van der Waals surface area contributed by atoms with E-state index >= 15 is 0 Å². The summed E-state index contributed by atoms with van der Waals surface area (Å²) in [5.41, 5.74) is 0.324. The summed E-state index contributed by atoms with van der Waals surface area (Å²) in [4.78, 5) is 10.7.